The van der Waals surface area contributed by atoms with Crippen molar-refractivity contribution in [2.45, 2.75) is 46.7 Å². The van der Waals surface area contributed by atoms with E-state index in [4.69, 9.17) is 5.11 Å². The Morgan fingerprint density at radius 1 is 1.53 bits per heavy atom. The van der Waals surface area contributed by atoms with Crippen molar-refractivity contribution in [1.29, 1.82) is 0 Å². The molecule has 2 unspecified atom stereocenters. The van der Waals surface area contributed by atoms with Gasteiger partial charge in [0.05, 0.1) is 0 Å². The molecule has 0 spiro atoms. The SMILES string of the molecule is CCC(C)C(C)NCc1cc(C(=O)O)sc1C. The monoisotopic (exact) mass is 255 g/mol. The van der Waals surface area contributed by atoms with Crippen molar-refractivity contribution in [3.63, 3.8) is 0 Å². The van der Waals surface area contributed by atoms with E-state index in [1.165, 1.54) is 11.3 Å². The first kappa shape index (κ1) is 14.2. The third-order valence-corrected chi connectivity index (χ3v) is 4.42. The van der Waals surface area contributed by atoms with E-state index in [1.807, 2.05) is 6.92 Å². The number of aromatic carboxylic acids is 1. The zero-order valence-corrected chi connectivity index (χ0v) is 11.7. The predicted molar refractivity (Wildman–Crippen MR) is 71.8 cm³/mol. The molecule has 0 saturated heterocycles. The van der Waals surface area contributed by atoms with E-state index in [-0.39, 0.29) is 0 Å². The van der Waals surface area contributed by atoms with Gasteiger partial charge in [0.15, 0.2) is 0 Å². The zero-order chi connectivity index (χ0) is 13.0. The molecular formula is C13H21NO2S. The Labute approximate surface area is 107 Å². The fraction of sp³-hybridized carbons (Fsp3) is 0.615. The molecule has 0 radical (unpaired) electrons. The Kier molecular flexibility index (Phi) is 5.15. The number of nitrogens with one attached hydrogen (secondary N) is 1. The maximum atomic E-state index is 10.8. The van der Waals surface area contributed by atoms with Gasteiger partial charge in [-0.2, -0.15) is 0 Å². The van der Waals surface area contributed by atoms with E-state index in [0.29, 0.717) is 16.8 Å². The third kappa shape index (κ3) is 3.82. The minimum atomic E-state index is -0.834. The molecule has 96 valence electrons. The number of thiophene rings is 1. The van der Waals surface area contributed by atoms with Gasteiger partial charge in [0.1, 0.15) is 4.88 Å². The van der Waals surface area contributed by atoms with Crippen molar-refractivity contribution in [1.82, 2.24) is 5.32 Å². The molecule has 3 nitrogen and oxygen atoms in total. The van der Waals surface area contributed by atoms with E-state index < -0.39 is 5.97 Å². The molecule has 0 aliphatic heterocycles. The second kappa shape index (κ2) is 6.17. The number of carbonyl (C=O) groups is 1. The van der Waals surface area contributed by atoms with Gasteiger partial charge in [0, 0.05) is 17.5 Å². The van der Waals surface area contributed by atoms with Crippen molar-refractivity contribution in [2.75, 3.05) is 0 Å². The van der Waals surface area contributed by atoms with Crippen LogP contribution in [-0.4, -0.2) is 17.1 Å². The van der Waals surface area contributed by atoms with Crippen LogP contribution in [-0.2, 0) is 6.54 Å². The fourth-order valence-electron chi connectivity index (χ4n) is 1.63. The van der Waals surface area contributed by atoms with Crippen LogP contribution in [0.3, 0.4) is 0 Å². The Morgan fingerprint density at radius 2 is 2.18 bits per heavy atom. The lowest BCUT2D eigenvalue weighted by Gasteiger charge is -2.19. The molecule has 0 fully saturated rings. The zero-order valence-electron chi connectivity index (χ0n) is 10.9. The second-order valence-corrected chi connectivity index (χ2v) is 5.81. The standard InChI is InChI=1S/C13H21NO2S/c1-5-8(2)9(3)14-7-11-6-12(13(15)16)17-10(11)4/h6,8-9,14H,5,7H2,1-4H3,(H,15,16). The molecule has 0 amide bonds. The van der Waals surface area contributed by atoms with Crippen molar-refractivity contribution in [3.8, 4) is 0 Å². The van der Waals surface area contributed by atoms with E-state index in [2.05, 4.69) is 26.1 Å². The van der Waals surface area contributed by atoms with Gasteiger partial charge in [-0.15, -0.1) is 11.3 Å². The quantitative estimate of drug-likeness (QED) is 0.820. The molecule has 1 rings (SSSR count). The van der Waals surface area contributed by atoms with Crippen LogP contribution < -0.4 is 5.32 Å². The summed E-state index contributed by atoms with van der Waals surface area (Å²) in [5, 5.41) is 12.4. The first-order chi connectivity index (χ1) is 7.95. The summed E-state index contributed by atoms with van der Waals surface area (Å²) >= 11 is 1.35. The minimum absolute atomic E-state index is 0.426. The summed E-state index contributed by atoms with van der Waals surface area (Å²) in [6, 6.07) is 2.23. The lowest BCUT2D eigenvalue weighted by molar-refractivity contribution is 0.0702. The predicted octanol–water partition coefficient (Wildman–Crippen LogP) is 3.28. The van der Waals surface area contributed by atoms with E-state index in [1.54, 1.807) is 6.07 Å². The average molecular weight is 255 g/mol. The summed E-state index contributed by atoms with van der Waals surface area (Å²) in [5.74, 6) is -0.202. The van der Waals surface area contributed by atoms with Crippen LogP contribution in [0.25, 0.3) is 0 Å². The van der Waals surface area contributed by atoms with Gasteiger partial charge in [-0.3, -0.25) is 0 Å². The number of hydrogen-bond acceptors (Lipinski definition) is 3. The van der Waals surface area contributed by atoms with Crippen LogP contribution in [0.15, 0.2) is 6.07 Å². The number of carboxylic acid groups (broad SMARTS) is 1. The molecule has 4 heteroatoms. The van der Waals surface area contributed by atoms with Crippen molar-refractivity contribution in [2.24, 2.45) is 5.92 Å². The van der Waals surface area contributed by atoms with Crippen LogP contribution in [0.1, 0.15) is 47.3 Å². The molecule has 1 heterocycles. The molecule has 0 aromatic carbocycles. The third-order valence-electron chi connectivity index (χ3n) is 3.34. The highest BCUT2D eigenvalue weighted by Crippen LogP contribution is 2.21. The minimum Gasteiger partial charge on any atom is -0.477 e. The lowest BCUT2D eigenvalue weighted by atomic mass is 10.0. The topological polar surface area (TPSA) is 49.3 Å². The second-order valence-electron chi connectivity index (χ2n) is 4.55. The summed E-state index contributed by atoms with van der Waals surface area (Å²) in [7, 11) is 0. The molecule has 0 aliphatic carbocycles. The van der Waals surface area contributed by atoms with Crippen molar-refractivity contribution >= 4 is 17.3 Å². The summed E-state index contributed by atoms with van der Waals surface area (Å²) in [6.45, 7) is 9.30. The van der Waals surface area contributed by atoms with Crippen molar-refractivity contribution in [3.05, 3.63) is 21.4 Å². The van der Waals surface area contributed by atoms with Crippen LogP contribution in [0.2, 0.25) is 0 Å². The summed E-state index contributed by atoms with van der Waals surface area (Å²) < 4.78 is 0. The first-order valence-electron chi connectivity index (χ1n) is 6.01. The van der Waals surface area contributed by atoms with Crippen LogP contribution >= 0.6 is 11.3 Å². The van der Waals surface area contributed by atoms with Gasteiger partial charge in [0.2, 0.25) is 0 Å². The van der Waals surface area contributed by atoms with Gasteiger partial charge in [0.25, 0.3) is 0 Å². The van der Waals surface area contributed by atoms with E-state index in [0.717, 1.165) is 23.4 Å². The Balaban J connectivity index is 2.60. The van der Waals surface area contributed by atoms with Gasteiger partial charge >= 0.3 is 5.97 Å². The van der Waals surface area contributed by atoms with Gasteiger partial charge in [-0.1, -0.05) is 20.3 Å². The first-order valence-corrected chi connectivity index (χ1v) is 6.83. The Morgan fingerprint density at radius 3 is 2.65 bits per heavy atom. The Hall–Kier alpha value is -0.870. The van der Waals surface area contributed by atoms with Gasteiger partial charge in [-0.25, -0.2) is 4.79 Å². The highest BCUT2D eigenvalue weighted by Gasteiger charge is 2.13. The summed E-state index contributed by atoms with van der Waals surface area (Å²) in [5.41, 5.74) is 1.10. The van der Waals surface area contributed by atoms with Crippen LogP contribution in [0, 0.1) is 12.8 Å². The lowest BCUT2D eigenvalue weighted by Crippen LogP contribution is -2.31. The highest BCUT2D eigenvalue weighted by molar-refractivity contribution is 7.14. The summed E-state index contributed by atoms with van der Waals surface area (Å²) in [6.07, 6.45) is 1.15. The van der Waals surface area contributed by atoms with Gasteiger partial charge in [-0.05, 0) is 31.4 Å². The average Bonchev–Trinajstić information content (AvgIpc) is 2.66. The smallest absolute Gasteiger partial charge is 0.345 e. The van der Waals surface area contributed by atoms with Gasteiger partial charge < -0.3 is 10.4 Å². The molecule has 1 aromatic rings. The fourth-order valence-corrected chi connectivity index (χ4v) is 2.51. The molecular weight excluding hydrogens is 234 g/mol. The number of rotatable bonds is 6. The number of aryl methyl sites for hydroxylation is 1. The van der Waals surface area contributed by atoms with Crippen LogP contribution in [0.5, 0.6) is 0 Å². The molecule has 2 N–H and O–H groups in total. The molecule has 0 saturated carbocycles. The highest BCUT2D eigenvalue weighted by atomic mass is 32.1. The largest absolute Gasteiger partial charge is 0.477 e. The Bertz CT molecular complexity index is 387. The maximum Gasteiger partial charge on any atom is 0.345 e. The normalized spacial score (nSPS) is 14.6. The van der Waals surface area contributed by atoms with Crippen LogP contribution in [0.4, 0.5) is 0 Å². The van der Waals surface area contributed by atoms with E-state index >= 15 is 0 Å². The molecule has 0 aliphatic rings. The summed E-state index contributed by atoms with van der Waals surface area (Å²) in [4.78, 5) is 12.4. The van der Waals surface area contributed by atoms with E-state index in [9.17, 15) is 4.79 Å². The molecule has 0 bridgehead atoms. The number of hydrogen-bond donors (Lipinski definition) is 2. The molecule has 1 aromatic heterocycles. The number of carboxylic acids is 1. The van der Waals surface area contributed by atoms with Crippen molar-refractivity contribution < 1.29 is 9.90 Å². The maximum absolute atomic E-state index is 10.8. The molecule has 2 atom stereocenters. The molecule has 17 heavy (non-hydrogen) atoms.